The van der Waals surface area contributed by atoms with Gasteiger partial charge in [0.15, 0.2) is 0 Å². The molecular formula is C22H24F2N4O2S. The number of alkyl halides is 2. The van der Waals surface area contributed by atoms with Crippen molar-refractivity contribution in [3.8, 4) is 11.5 Å². The Morgan fingerprint density at radius 1 is 1.13 bits per heavy atom. The maximum absolute atomic E-state index is 13.2. The molecule has 1 heterocycles. The van der Waals surface area contributed by atoms with Gasteiger partial charge in [-0.15, -0.1) is 10.2 Å². The summed E-state index contributed by atoms with van der Waals surface area (Å²) in [7, 11) is 1.58. The molecular weight excluding hydrogens is 422 g/mol. The average molecular weight is 447 g/mol. The van der Waals surface area contributed by atoms with Gasteiger partial charge in [-0.2, -0.15) is 9.78 Å². The largest absolute Gasteiger partial charge is 0.496 e. The molecule has 31 heavy (non-hydrogen) atoms. The second kappa shape index (κ2) is 10.4. The standard InChI is InChI=1S/C22H24F2N4O2S/c1-14(2)16-6-8-18(9-7-16)30-13-17-11-15(5-10-19(17)29-3)12-25-28-21(20(23)24)26-27-22(28)31-4/h5-12,14,20H,13H2,1-4H3/b25-12-. The second-order valence-corrected chi connectivity index (χ2v) is 7.76. The van der Waals surface area contributed by atoms with Gasteiger partial charge in [0.25, 0.3) is 6.43 Å². The maximum atomic E-state index is 13.2. The van der Waals surface area contributed by atoms with Crippen LogP contribution >= 0.6 is 11.8 Å². The Kier molecular flexibility index (Phi) is 7.62. The summed E-state index contributed by atoms with van der Waals surface area (Å²) in [6, 6.07) is 13.4. The second-order valence-electron chi connectivity index (χ2n) is 6.99. The van der Waals surface area contributed by atoms with E-state index in [4.69, 9.17) is 9.47 Å². The Labute approximate surface area is 184 Å². The van der Waals surface area contributed by atoms with Crippen LogP contribution in [0.2, 0.25) is 0 Å². The van der Waals surface area contributed by atoms with Crippen molar-refractivity contribution in [1.82, 2.24) is 14.9 Å². The van der Waals surface area contributed by atoms with Gasteiger partial charge in [0.1, 0.15) is 18.1 Å². The zero-order valence-corrected chi connectivity index (χ0v) is 18.6. The zero-order chi connectivity index (χ0) is 22.4. The van der Waals surface area contributed by atoms with Crippen molar-refractivity contribution in [2.45, 2.75) is 38.0 Å². The molecule has 6 nitrogen and oxygen atoms in total. The third-order valence-electron chi connectivity index (χ3n) is 4.58. The van der Waals surface area contributed by atoms with Crippen LogP contribution in [0, 0.1) is 0 Å². The summed E-state index contributed by atoms with van der Waals surface area (Å²) in [5.41, 5.74) is 2.75. The lowest BCUT2D eigenvalue weighted by molar-refractivity contribution is 0.135. The van der Waals surface area contributed by atoms with Crippen LogP contribution in [0.5, 0.6) is 11.5 Å². The summed E-state index contributed by atoms with van der Waals surface area (Å²) in [5.74, 6) is 1.37. The summed E-state index contributed by atoms with van der Waals surface area (Å²) in [6.45, 7) is 4.57. The number of aromatic nitrogens is 3. The highest BCUT2D eigenvalue weighted by Gasteiger charge is 2.19. The van der Waals surface area contributed by atoms with E-state index >= 15 is 0 Å². The molecule has 0 aliphatic heterocycles. The maximum Gasteiger partial charge on any atom is 0.299 e. The lowest BCUT2D eigenvalue weighted by atomic mass is 10.0. The van der Waals surface area contributed by atoms with Gasteiger partial charge < -0.3 is 9.47 Å². The van der Waals surface area contributed by atoms with E-state index in [2.05, 4.69) is 29.1 Å². The van der Waals surface area contributed by atoms with Crippen LogP contribution in [0.1, 0.15) is 48.7 Å². The van der Waals surface area contributed by atoms with E-state index in [1.807, 2.05) is 30.3 Å². The molecule has 2 aromatic carbocycles. The van der Waals surface area contributed by atoms with E-state index in [9.17, 15) is 8.78 Å². The lowest BCUT2D eigenvalue weighted by Gasteiger charge is -2.12. The quantitative estimate of drug-likeness (QED) is 0.319. The molecule has 0 saturated carbocycles. The number of hydrogen-bond acceptors (Lipinski definition) is 6. The fraction of sp³-hybridized carbons (Fsp3) is 0.318. The Hall–Kier alpha value is -2.94. The molecule has 0 saturated heterocycles. The normalized spacial score (nSPS) is 11.6. The van der Waals surface area contributed by atoms with Gasteiger partial charge in [-0.05, 0) is 53.6 Å². The number of halogens is 2. The van der Waals surface area contributed by atoms with Crippen molar-refractivity contribution in [3.05, 3.63) is 65.0 Å². The Bertz CT molecular complexity index is 1040. The molecule has 0 fully saturated rings. The molecule has 9 heteroatoms. The smallest absolute Gasteiger partial charge is 0.299 e. The van der Waals surface area contributed by atoms with Crippen molar-refractivity contribution in [2.24, 2.45) is 5.10 Å². The third-order valence-corrected chi connectivity index (χ3v) is 5.20. The summed E-state index contributed by atoms with van der Waals surface area (Å²) in [6.07, 6.45) is 0.435. The predicted molar refractivity (Wildman–Crippen MR) is 118 cm³/mol. The monoisotopic (exact) mass is 446 g/mol. The van der Waals surface area contributed by atoms with E-state index in [1.54, 1.807) is 25.5 Å². The first-order valence-electron chi connectivity index (χ1n) is 9.64. The molecule has 1 aromatic heterocycles. The Balaban J connectivity index is 1.79. The summed E-state index contributed by atoms with van der Waals surface area (Å²) in [5, 5.41) is 11.7. The van der Waals surface area contributed by atoms with Crippen molar-refractivity contribution < 1.29 is 18.3 Å². The predicted octanol–water partition coefficient (Wildman–Crippen LogP) is 5.53. The van der Waals surface area contributed by atoms with Crippen molar-refractivity contribution in [3.63, 3.8) is 0 Å². The average Bonchev–Trinajstić information content (AvgIpc) is 3.19. The molecule has 3 aromatic rings. The topological polar surface area (TPSA) is 61.5 Å². The number of benzene rings is 2. The van der Waals surface area contributed by atoms with Gasteiger partial charge in [0, 0.05) is 5.56 Å². The molecule has 0 spiro atoms. The summed E-state index contributed by atoms with van der Waals surface area (Å²) < 4.78 is 38.7. The van der Waals surface area contributed by atoms with Crippen molar-refractivity contribution >= 4 is 18.0 Å². The molecule has 0 radical (unpaired) electrons. The van der Waals surface area contributed by atoms with Gasteiger partial charge in [0.05, 0.1) is 13.3 Å². The molecule has 0 bridgehead atoms. The molecule has 0 amide bonds. The lowest BCUT2D eigenvalue weighted by Crippen LogP contribution is -2.02. The van der Waals surface area contributed by atoms with Gasteiger partial charge in [-0.1, -0.05) is 37.7 Å². The van der Waals surface area contributed by atoms with Crippen LogP contribution in [0.4, 0.5) is 8.78 Å². The highest BCUT2D eigenvalue weighted by atomic mass is 32.2. The number of rotatable bonds is 9. The first-order chi connectivity index (χ1) is 14.9. The number of methoxy groups -OCH3 is 1. The van der Waals surface area contributed by atoms with Crippen molar-refractivity contribution in [2.75, 3.05) is 13.4 Å². The van der Waals surface area contributed by atoms with Gasteiger partial charge >= 0.3 is 0 Å². The fourth-order valence-corrected chi connectivity index (χ4v) is 3.31. The number of hydrogen-bond donors (Lipinski definition) is 0. The molecule has 0 aliphatic carbocycles. The van der Waals surface area contributed by atoms with Crippen LogP contribution in [0.15, 0.2) is 52.7 Å². The summed E-state index contributed by atoms with van der Waals surface area (Å²) in [4.78, 5) is 0. The van der Waals surface area contributed by atoms with Gasteiger partial charge in [-0.25, -0.2) is 8.78 Å². The minimum atomic E-state index is -2.77. The highest BCUT2D eigenvalue weighted by molar-refractivity contribution is 7.98. The van der Waals surface area contributed by atoms with Gasteiger partial charge in [-0.3, -0.25) is 0 Å². The minimum absolute atomic E-state index is 0.286. The van der Waals surface area contributed by atoms with E-state index in [0.717, 1.165) is 16.0 Å². The van der Waals surface area contributed by atoms with E-state index < -0.39 is 12.2 Å². The van der Waals surface area contributed by atoms with Crippen LogP contribution in [-0.2, 0) is 6.61 Å². The molecule has 0 unspecified atom stereocenters. The molecule has 0 aliphatic rings. The zero-order valence-electron chi connectivity index (χ0n) is 17.8. The first kappa shape index (κ1) is 22.7. The Morgan fingerprint density at radius 3 is 2.48 bits per heavy atom. The van der Waals surface area contributed by atoms with Crippen LogP contribution in [-0.4, -0.2) is 34.5 Å². The molecule has 3 rings (SSSR count). The number of ether oxygens (including phenoxy) is 2. The van der Waals surface area contributed by atoms with Crippen LogP contribution < -0.4 is 9.47 Å². The van der Waals surface area contributed by atoms with E-state index in [0.29, 0.717) is 17.2 Å². The van der Waals surface area contributed by atoms with E-state index in [1.165, 1.54) is 23.5 Å². The van der Waals surface area contributed by atoms with Gasteiger partial charge in [0.2, 0.25) is 11.0 Å². The summed E-state index contributed by atoms with van der Waals surface area (Å²) >= 11 is 1.19. The van der Waals surface area contributed by atoms with Crippen molar-refractivity contribution in [1.29, 1.82) is 0 Å². The SMILES string of the molecule is COc1ccc(/C=N\n2c(SC)nnc2C(F)F)cc1COc1ccc(C(C)C)cc1. The molecule has 0 atom stereocenters. The van der Waals surface area contributed by atoms with Crippen LogP contribution in [0.25, 0.3) is 0 Å². The van der Waals surface area contributed by atoms with Crippen LogP contribution in [0.3, 0.4) is 0 Å². The van der Waals surface area contributed by atoms with E-state index in [-0.39, 0.29) is 11.8 Å². The number of thioether (sulfide) groups is 1. The highest BCUT2D eigenvalue weighted by Crippen LogP contribution is 2.24. The molecule has 164 valence electrons. The minimum Gasteiger partial charge on any atom is -0.496 e. The number of nitrogens with zero attached hydrogens (tertiary/aromatic N) is 4. The Morgan fingerprint density at radius 2 is 1.87 bits per heavy atom. The fourth-order valence-electron chi connectivity index (χ4n) is 2.87. The first-order valence-corrected chi connectivity index (χ1v) is 10.9. The third kappa shape index (κ3) is 5.61. The molecule has 0 N–H and O–H groups in total.